The van der Waals surface area contributed by atoms with Gasteiger partial charge in [-0.1, -0.05) is 36.4 Å². The van der Waals surface area contributed by atoms with Crippen LogP contribution in [0.15, 0.2) is 48.5 Å². The van der Waals surface area contributed by atoms with E-state index in [9.17, 15) is 4.79 Å². The number of nitrogens with zero attached hydrogens (tertiary/aromatic N) is 2. The molecule has 0 radical (unpaired) electrons. The number of carbonyl (C=O) groups is 1. The van der Waals surface area contributed by atoms with Gasteiger partial charge >= 0.3 is 6.03 Å². The van der Waals surface area contributed by atoms with Crippen LogP contribution in [0.1, 0.15) is 16.7 Å². The van der Waals surface area contributed by atoms with E-state index in [1.807, 2.05) is 36.1 Å². The number of piperazine rings is 1. The molecular weight excluding hydrogens is 310 g/mol. The lowest BCUT2D eigenvalue weighted by atomic mass is 10.1. The van der Waals surface area contributed by atoms with Gasteiger partial charge in [0.25, 0.3) is 0 Å². The molecule has 1 saturated heterocycles. The third-order valence-electron chi connectivity index (χ3n) is 5.42. The van der Waals surface area contributed by atoms with E-state index < -0.39 is 0 Å². The van der Waals surface area contributed by atoms with Gasteiger partial charge in [0, 0.05) is 37.9 Å². The van der Waals surface area contributed by atoms with Gasteiger partial charge < -0.3 is 10.2 Å². The second kappa shape index (κ2) is 6.89. The summed E-state index contributed by atoms with van der Waals surface area (Å²) in [7, 11) is 0. The molecule has 4 nitrogen and oxygen atoms in total. The molecule has 1 aliphatic carbocycles. The lowest BCUT2D eigenvalue weighted by Gasteiger charge is -2.38. The van der Waals surface area contributed by atoms with Crippen molar-refractivity contribution in [3.05, 3.63) is 65.2 Å². The molecule has 1 aliphatic heterocycles. The first-order valence-electron chi connectivity index (χ1n) is 9.12. The van der Waals surface area contributed by atoms with Crippen molar-refractivity contribution in [1.29, 1.82) is 0 Å². The number of urea groups is 1. The Morgan fingerprint density at radius 3 is 2.28 bits per heavy atom. The van der Waals surface area contributed by atoms with Gasteiger partial charge in [-0.05, 0) is 48.6 Å². The number of carbonyl (C=O) groups excluding carboxylic acids is 1. The van der Waals surface area contributed by atoms with Gasteiger partial charge in [0.1, 0.15) is 0 Å². The molecule has 0 aromatic heterocycles. The fourth-order valence-electron chi connectivity index (χ4n) is 4.01. The van der Waals surface area contributed by atoms with Crippen LogP contribution in [0.3, 0.4) is 0 Å². The zero-order chi connectivity index (χ0) is 17.2. The Hall–Kier alpha value is -2.33. The topological polar surface area (TPSA) is 35.6 Å². The second-order valence-corrected chi connectivity index (χ2v) is 7.15. The number of anilines is 1. The Bertz CT molecular complexity index is 740. The molecule has 0 unspecified atom stereocenters. The summed E-state index contributed by atoms with van der Waals surface area (Å²) in [5, 5.41) is 3.02. The van der Waals surface area contributed by atoms with Crippen LogP contribution in [0.2, 0.25) is 0 Å². The second-order valence-electron chi connectivity index (χ2n) is 7.15. The Labute approximate surface area is 149 Å². The van der Waals surface area contributed by atoms with Crippen LogP contribution in [0.4, 0.5) is 10.5 Å². The van der Waals surface area contributed by atoms with E-state index in [0.717, 1.165) is 50.3 Å². The minimum absolute atomic E-state index is 0.0139. The van der Waals surface area contributed by atoms with Crippen molar-refractivity contribution in [3.63, 3.8) is 0 Å². The highest BCUT2D eigenvalue weighted by Crippen LogP contribution is 2.26. The highest BCUT2D eigenvalue weighted by Gasteiger charge is 2.30. The molecule has 2 aromatic rings. The van der Waals surface area contributed by atoms with Crippen LogP contribution in [0.25, 0.3) is 0 Å². The maximum Gasteiger partial charge on any atom is 0.321 e. The molecule has 0 spiro atoms. The van der Waals surface area contributed by atoms with E-state index in [2.05, 4.69) is 34.5 Å². The number of hydrogen-bond donors (Lipinski definition) is 1. The molecule has 2 amide bonds. The van der Waals surface area contributed by atoms with Crippen molar-refractivity contribution in [3.8, 4) is 0 Å². The standard InChI is InChI=1S/C21H25N3O/c1-16-5-4-8-19(13-16)22-21(25)24-11-9-23(10-12-24)20-14-17-6-2-3-7-18(17)15-20/h2-8,13,20H,9-12,14-15H2,1H3,(H,22,25). The van der Waals surface area contributed by atoms with E-state index in [4.69, 9.17) is 0 Å². The highest BCUT2D eigenvalue weighted by atomic mass is 16.2. The molecule has 25 heavy (non-hydrogen) atoms. The van der Waals surface area contributed by atoms with Crippen molar-refractivity contribution in [2.45, 2.75) is 25.8 Å². The summed E-state index contributed by atoms with van der Waals surface area (Å²) < 4.78 is 0. The molecule has 0 saturated carbocycles. The minimum atomic E-state index is 0.0139. The van der Waals surface area contributed by atoms with Gasteiger partial charge in [-0.25, -0.2) is 4.79 Å². The predicted molar refractivity (Wildman–Crippen MR) is 101 cm³/mol. The minimum Gasteiger partial charge on any atom is -0.322 e. The normalized spacial score (nSPS) is 18.2. The molecular formula is C21H25N3O. The van der Waals surface area contributed by atoms with Gasteiger partial charge in [0.2, 0.25) is 0 Å². The number of fused-ring (bicyclic) bond motifs is 1. The first kappa shape index (κ1) is 16.2. The van der Waals surface area contributed by atoms with Crippen LogP contribution in [0, 0.1) is 6.92 Å². The van der Waals surface area contributed by atoms with Crippen LogP contribution >= 0.6 is 0 Å². The summed E-state index contributed by atoms with van der Waals surface area (Å²) in [5.74, 6) is 0. The molecule has 1 heterocycles. The van der Waals surface area contributed by atoms with Crippen LogP contribution in [-0.4, -0.2) is 48.1 Å². The smallest absolute Gasteiger partial charge is 0.321 e. The zero-order valence-electron chi connectivity index (χ0n) is 14.7. The van der Waals surface area contributed by atoms with Crippen molar-refractivity contribution in [1.82, 2.24) is 9.80 Å². The molecule has 130 valence electrons. The quantitative estimate of drug-likeness (QED) is 0.914. The van der Waals surface area contributed by atoms with Crippen molar-refractivity contribution in [2.75, 3.05) is 31.5 Å². The van der Waals surface area contributed by atoms with Gasteiger partial charge in [0.05, 0.1) is 0 Å². The first-order valence-corrected chi connectivity index (χ1v) is 9.12. The average Bonchev–Trinajstić information content (AvgIpc) is 3.06. The molecule has 0 bridgehead atoms. The van der Waals surface area contributed by atoms with Gasteiger partial charge in [-0.3, -0.25) is 4.90 Å². The largest absolute Gasteiger partial charge is 0.322 e. The molecule has 1 N–H and O–H groups in total. The summed E-state index contributed by atoms with van der Waals surface area (Å²) in [4.78, 5) is 17.0. The van der Waals surface area contributed by atoms with Crippen LogP contribution < -0.4 is 5.32 Å². The number of nitrogens with one attached hydrogen (secondary N) is 1. The van der Waals surface area contributed by atoms with E-state index in [0.29, 0.717) is 6.04 Å². The third-order valence-corrected chi connectivity index (χ3v) is 5.42. The Kier molecular flexibility index (Phi) is 4.45. The van der Waals surface area contributed by atoms with Gasteiger partial charge in [-0.15, -0.1) is 0 Å². The highest BCUT2D eigenvalue weighted by molar-refractivity contribution is 5.89. The maximum atomic E-state index is 12.5. The lowest BCUT2D eigenvalue weighted by Crippen LogP contribution is -2.53. The van der Waals surface area contributed by atoms with Crippen molar-refractivity contribution >= 4 is 11.7 Å². The Morgan fingerprint density at radius 2 is 1.64 bits per heavy atom. The fraction of sp³-hybridized carbons (Fsp3) is 0.381. The molecule has 2 aliphatic rings. The Balaban J connectivity index is 1.31. The van der Waals surface area contributed by atoms with Crippen molar-refractivity contribution < 1.29 is 4.79 Å². The molecule has 0 atom stereocenters. The number of aryl methyl sites for hydroxylation is 1. The first-order chi connectivity index (χ1) is 12.2. The fourth-order valence-corrected chi connectivity index (χ4v) is 4.01. The number of amides is 2. The van der Waals surface area contributed by atoms with Crippen LogP contribution in [0.5, 0.6) is 0 Å². The number of rotatable bonds is 2. The summed E-state index contributed by atoms with van der Waals surface area (Å²) in [5.41, 5.74) is 5.02. The third kappa shape index (κ3) is 3.54. The number of hydrogen-bond acceptors (Lipinski definition) is 2. The van der Waals surface area contributed by atoms with E-state index in [1.54, 1.807) is 0 Å². The monoisotopic (exact) mass is 335 g/mol. The summed E-state index contributed by atoms with van der Waals surface area (Å²) >= 11 is 0. The molecule has 2 aromatic carbocycles. The molecule has 4 heteroatoms. The van der Waals surface area contributed by atoms with E-state index >= 15 is 0 Å². The predicted octanol–water partition coefficient (Wildman–Crippen LogP) is 3.31. The van der Waals surface area contributed by atoms with Gasteiger partial charge in [-0.2, -0.15) is 0 Å². The van der Waals surface area contributed by atoms with Gasteiger partial charge in [0.15, 0.2) is 0 Å². The summed E-state index contributed by atoms with van der Waals surface area (Å²) in [6.45, 7) is 5.54. The average molecular weight is 335 g/mol. The van der Waals surface area contributed by atoms with E-state index in [-0.39, 0.29) is 6.03 Å². The summed E-state index contributed by atoms with van der Waals surface area (Å²) in [6.07, 6.45) is 2.29. The SMILES string of the molecule is Cc1cccc(NC(=O)N2CCN(C3Cc4ccccc4C3)CC2)c1. The van der Waals surface area contributed by atoms with Crippen LogP contribution in [-0.2, 0) is 12.8 Å². The lowest BCUT2D eigenvalue weighted by molar-refractivity contribution is 0.116. The summed E-state index contributed by atoms with van der Waals surface area (Å²) in [6, 6.07) is 17.3. The molecule has 1 fully saturated rings. The van der Waals surface area contributed by atoms with E-state index in [1.165, 1.54) is 11.1 Å². The zero-order valence-corrected chi connectivity index (χ0v) is 14.7. The Morgan fingerprint density at radius 1 is 0.960 bits per heavy atom. The maximum absolute atomic E-state index is 12.5. The molecule has 4 rings (SSSR count). The van der Waals surface area contributed by atoms with Crippen molar-refractivity contribution in [2.24, 2.45) is 0 Å². The number of benzene rings is 2.